The van der Waals surface area contributed by atoms with Gasteiger partial charge in [-0.3, -0.25) is 14.3 Å². The fourth-order valence-electron chi connectivity index (χ4n) is 3.70. The number of nitrogens with zero attached hydrogens (tertiary/aromatic N) is 2. The summed E-state index contributed by atoms with van der Waals surface area (Å²) in [6.45, 7) is 3.63. The smallest absolute Gasteiger partial charge is 0.375 e. The normalized spacial score (nSPS) is 11.0. The molecule has 0 bridgehead atoms. The molecule has 4 aromatic rings. The Morgan fingerprint density at radius 1 is 1.06 bits per heavy atom. The van der Waals surface area contributed by atoms with Crippen molar-refractivity contribution in [1.29, 1.82) is 0 Å². The summed E-state index contributed by atoms with van der Waals surface area (Å²) in [5.74, 6) is -1.43. The molecule has 4 rings (SSSR count). The number of carbonyl (C=O) groups excluding carboxylic acids is 2. The largest absolute Gasteiger partial charge is 0.450 e. The molecule has 2 aromatic carbocycles. The van der Waals surface area contributed by atoms with Crippen LogP contribution in [-0.2, 0) is 27.9 Å². The van der Waals surface area contributed by atoms with Crippen molar-refractivity contribution in [2.45, 2.75) is 20.5 Å². The lowest BCUT2D eigenvalue weighted by atomic mass is 10.1. The lowest BCUT2D eigenvalue weighted by molar-refractivity contribution is -0.119. The predicted octanol–water partition coefficient (Wildman–Crippen LogP) is 3.56. The standard InChI is InChI=1S/C25H25N3O6/c1-4-32-14-19-18-12-8-9-13-20(18)34-23(19)25(31)33-15-21(29)26-22-16(2)27(3)28(24(22)30)17-10-6-5-7-11-17/h5-13H,4,14-15H2,1-3H3,(H,26,29). The number of fused-ring (bicyclic) bond motifs is 1. The van der Waals surface area contributed by atoms with E-state index >= 15 is 0 Å². The molecule has 0 saturated heterocycles. The summed E-state index contributed by atoms with van der Waals surface area (Å²) in [6, 6.07) is 16.3. The van der Waals surface area contributed by atoms with Crippen LogP contribution in [0, 0.1) is 6.92 Å². The van der Waals surface area contributed by atoms with E-state index in [9.17, 15) is 14.4 Å². The highest BCUT2D eigenvalue weighted by Gasteiger charge is 2.24. The third-order valence-electron chi connectivity index (χ3n) is 5.49. The number of ether oxygens (including phenoxy) is 2. The minimum atomic E-state index is -0.785. The van der Waals surface area contributed by atoms with Gasteiger partial charge in [-0.2, -0.15) is 0 Å². The van der Waals surface area contributed by atoms with E-state index in [0.717, 1.165) is 5.39 Å². The van der Waals surface area contributed by atoms with Crippen LogP contribution in [0.4, 0.5) is 5.69 Å². The Labute approximate surface area is 195 Å². The molecular weight excluding hydrogens is 438 g/mol. The van der Waals surface area contributed by atoms with Crippen molar-refractivity contribution < 1.29 is 23.5 Å². The second kappa shape index (κ2) is 9.80. The van der Waals surface area contributed by atoms with Gasteiger partial charge >= 0.3 is 5.97 Å². The molecule has 176 valence electrons. The molecule has 9 heteroatoms. The highest BCUT2D eigenvalue weighted by Crippen LogP contribution is 2.27. The molecule has 1 amide bonds. The second-order valence-corrected chi connectivity index (χ2v) is 7.60. The molecule has 34 heavy (non-hydrogen) atoms. The second-order valence-electron chi connectivity index (χ2n) is 7.60. The van der Waals surface area contributed by atoms with E-state index in [-0.39, 0.29) is 23.6 Å². The number of benzene rings is 2. The number of hydrogen-bond acceptors (Lipinski definition) is 6. The van der Waals surface area contributed by atoms with E-state index in [1.165, 1.54) is 4.68 Å². The number of esters is 1. The molecule has 0 aliphatic carbocycles. The highest BCUT2D eigenvalue weighted by atomic mass is 16.5. The summed E-state index contributed by atoms with van der Waals surface area (Å²) in [7, 11) is 1.72. The van der Waals surface area contributed by atoms with Gasteiger partial charge in [-0.1, -0.05) is 36.4 Å². The van der Waals surface area contributed by atoms with Crippen LogP contribution in [0.1, 0.15) is 28.7 Å². The summed E-state index contributed by atoms with van der Waals surface area (Å²) in [5.41, 5.74) is 2.04. The first kappa shape index (κ1) is 23.1. The maximum absolute atomic E-state index is 12.9. The van der Waals surface area contributed by atoms with Gasteiger partial charge in [-0.05, 0) is 32.0 Å². The molecule has 0 unspecified atom stereocenters. The minimum Gasteiger partial charge on any atom is -0.450 e. The van der Waals surface area contributed by atoms with Crippen LogP contribution in [0.3, 0.4) is 0 Å². The summed E-state index contributed by atoms with van der Waals surface area (Å²) in [4.78, 5) is 38.2. The fourth-order valence-corrected chi connectivity index (χ4v) is 3.70. The van der Waals surface area contributed by atoms with Crippen LogP contribution >= 0.6 is 0 Å². The summed E-state index contributed by atoms with van der Waals surface area (Å²) < 4.78 is 19.4. The quantitative estimate of drug-likeness (QED) is 0.401. The van der Waals surface area contributed by atoms with Crippen molar-refractivity contribution in [3.05, 3.63) is 82.0 Å². The molecule has 2 heterocycles. The van der Waals surface area contributed by atoms with Crippen LogP contribution in [0.15, 0.2) is 63.8 Å². The fraction of sp³-hybridized carbons (Fsp3) is 0.240. The SMILES string of the molecule is CCOCc1c(C(=O)OCC(=O)Nc2c(C)n(C)n(-c3ccccc3)c2=O)oc2ccccc12. The Morgan fingerprint density at radius 2 is 1.76 bits per heavy atom. The molecule has 0 aliphatic heterocycles. The van der Waals surface area contributed by atoms with Crippen LogP contribution in [-0.4, -0.2) is 34.5 Å². The first-order chi connectivity index (χ1) is 16.4. The molecule has 0 spiro atoms. The Bertz CT molecular complexity index is 1400. The van der Waals surface area contributed by atoms with Gasteiger partial charge < -0.3 is 19.2 Å². The summed E-state index contributed by atoms with van der Waals surface area (Å²) >= 11 is 0. The molecule has 0 radical (unpaired) electrons. The molecule has 0 saturated carbocycles. The Hall–Kier alpha value is -4.11. The molecule has 9 nitrogen and oxygen atoms in total. The molecule has 1 N–H and O–H groups in total. The lowest BCUT2D eigenvalue weighted by Gasteiger charge is -2.07. The third-order valence-corrected chi connectivity index (χ3v) is 5.49. The number of para-hydroxylation sites is 2. The zero-order chi connectivity index (χ0) is 24.2. The van der Waals surface area contributed by atoms with Crippen LogP contribution in [0.2, 0.25) is 0 Å². The van der Waals surface area contributed by atoms with Crippen molar-refractivity contribution >= 4 is 28.5 Å². The number of rotatable bonds is 8. The third kappa shape index (κ3) is 4.38. The van der Waals surface area contributed by atoms with E-state index in [0.29, 0.717) is 29.1 Å². The first-order valence-electron chi connectivity index (χ1n) is 10.8. The van der Waals surface area contributed by atoms with Crippen molar-refractivity contribution in [2.24, 2.45) is 7.05 Å². The lowest BCUT2D eigenvalue weighted by Crippen LogP contribution is -2.26. The molecule has 2 aromatic heterocycles. The first-order valence-corrected chi connectivity index (χ1v) is 10.8. The van der Waals surface area contributed by atoms with Crippen molar-refractivity contribution in [2.75, 3.05) is 18.5 Å². The predicted molar refractivity (Wildman–Crippen MR) is 126 cm³/mol. The van der Waals surface area contributed by atoms with Crippen LogP contribution < -0.4 is 10.9 Å². The summed E-state index contributed by atoms with van der Waals surface area (Å²) in [5, 5.41) is 3.31. The van der Waals surface area contributed by atoms with Gasteiger partial charge in [-0.15, -0.1) is 0 Å². The maximum Gasteiger partial charge on any atom is 0.375 e. The van der Waals surface area contributed by atoms with Gasteiger partial charge in [0.15, 0.2) is 6.61 Å². The van der Waals surface area contributed by atoms with E-state index in [1.807, 2.05) is 37.3 Å². The van der Waals surface area contributed by atoms with Gasteiger partial charge in [0.05, 0.1) is 18.0 Å². The van der Waals surface area contributed by atoms with Gasteiger partial charge in [0.2, 0.25) is 5.76 Å². The Morgan fingerprint density at radius 3 is 2.50 bits per heavy atom. The minimum absolute atomic E-state index is 0.00947. The van der Waals surface area contributed by atoms with E-state index in [2.05, 4.69) is 5.32 Å². The van der Waals surface area contributed by atoms with Crippen LogP contribution in [0.25, 0.3) is 16.7 Å². The number of furan rings is 1. The van der Waals surface area contributed by atoms with E-state index in [4.69, 9.17) is 13.9 Å². The molecule has 0 aliphatic rings. The molecule has 0 atom stereocenters. The zero-order valence-corrected chi connectivity index (χ0v) is 19.2. The van der Waals surface area contributed by atoms with Crippen molar-refractivity contribution in [3.8, 4) is 5.69 Å². The topological polar surface area (TPSA) is 105 Å². The number of hydrogen-bond donors (Lipinski definition) is 1. The number of amides is 1. The number of nitrogens with one attached hydrogen (secondary N) is 1. The number of aromatic nitrogens is 2. The van der Waals surface area contributed by atoms with Gasteiger partial charge in [0.1, 0.15) is 11.3 Å². The van der Waals surface area contributed by atoms with Crippen molar-refractivity contribution in [3.63, 3.8) is 0 Å². The molecular formula is C25H25N3O6. The average molecular weight is 463 g/mol. The monoisotopic (exact) mass is 463 g/mol. The van der Waals surface area contributed by atoms with Gasteiger partial charge in [0.25, 0.3) is 11.5 Å². The zero-order valence-electron chi connectivity index (χ0n) is 19.2. The van der Waals surface area contributed by atoms with E-state index in [1.54, 1.807) is 42.9 Å². The van der Waals surface area contributed by atoms with Crippen molar-refractivity contribution in [1.82, 2.24) is 9.36 Å². The summed E-state index contributed by atoms with van der Waals surface area (Å²) in [6.07, 6.45) is 0. The highest BCUT2D eigenvalue weighted by molar-refractivity contribution is 5.98. The maximum atomic E-state index is 12.9. The average Bonchev–Trinajstić information content (AvgIpc) is 3.32. The van der Waals surface area contributed by atoms with E-state index < -0.39 is 18.5 Å². The Kier molecular flexibility index (Phi) is 6.65. The number of anilines is 1. The number of carbonyl (C=O) groups is 2. The van der Waals surface area contributed by atoms with Crippen LogP contribution in [0.5, 0.6) is 0 Å². The van der Waals surface area contributed by atoms with Gasteiger partial charge in [0, 0.05) is 24.6 Å². The van der Waals surface area contributed by atoms with Gasteiger partial charge in [-0.25, -0.2) is 9.48 Å². The Balaban J connectivity index is 1.49. The molecule has 0 fully saturated rings.